The second kappa shape index (κ2) is 15.8. The number of alkyl carbamates (subject to hydrolysis) is 1. The molecule has 1 saturated heterocycles. The van der Waals surface area contributed by atoms with Crippen molar-refractivity contribution in [1.82, 2.24) is 25.6 Å². The molecule has 2 heterocycles. The summed E-state index contributed by atoms with van der Waals surface area (Å²) in [6, 6.07) is 12.9. The minimum atomic E-state index is -1.48. The van der Waals surface area contributed by atoms with Gasteiger partial charge in [0.05, 0.1) is 11.9 Å². The van der Waals surface area contributed by atoms with Crippen molar-refractivity contribution in [2.75, 3.05) is 13.2 Å². The first-order valence-corrected chi connectivity index (χ1v) is 16.0. The number of carboxylic acids is 1. The highest BCUT2D eigenvalue weighted by molar-refractivity contribution is 5.81. The Bertz CT molecular complexity index is 1770. The molecule has 2 amide bonds. The molecule has 4 unspecified atom stereocenters. The van der Waals surface area contributed by atoms with Gasteiger partial charge in [-0.2, -0.15) is 0 Å². The van der Waals surface area contributed by atoms with E-state index in [1.807, 2.05) is 48.5 Å². The van der Waals surface area contributed by atoms with Gasteiger partial charge in [-0.3, -0.25) is 19.2 Å². The predicted molar refractivity (Wildman–Crippen MR) is 173 cm³/mol. The summed E-state index contributed by atoms with van der Waals surface area (Å²) in [5, 5.41) is 23.0. The Morgan fingerprint density at radius 3 is 2.02 bits per heavy atom. The molecule has 2 aliphatic rings. The van der Waals surface area contributed by atoms with E-state index in [-0.39, 0.29) is 24.6 Å². The summed E-state index contributed by atoms with van der Waals surface area (Å²) in [4.78, 5) is 73.2. The number of hydrogen-bond acceptors (Lipinski definition) is 13. The molecule has 17 heteroatoms. The van der Waals surface area contributed by atoms with E-state index >= 15 is 0 Å². The lowest BCUT2D eigenvalue weighted by atomic mass is 9.95. The van der Waals surface area contributed by atoms with Crippen LogP contribution in [0.3, 0.4) is 0 Å². The topological polar surface area (TPSA) is 224 Å². The van der Waals surface area contributed by atoms with Gasteiger partial charge in [0.15, 0.2) is 18.4 Å². The molecule has 1 aromatic heterocycles. The minimum Gasteiger partial charge on any atom is -0.480 e. The number of esters is 3. The number of carbonyl (C=O) groups excluding carboxylic acids is 5. The molecule has 1 aliphatic heterocycles. The first-order valence-electron chi connectivity index (χ1n) is 16.0. The van der Waals surface area contributed by atoms with Crippen molar-refractivity contribution >= 4 is 35.9 Å². The summed E-state index contributed by atoms with van der Waals surface area (Å²) in [6.45, 7) is 4.13. The Balaban J connectivity index is 1.32. The molecule has 1 fully saturated rings. The van der Waals surface area contributed by atoms with Crippen molar-refractivity contribution in [1.29, 1.82) is 0 Å². The third-order valence-corrected chi connectivity index (χ3v) is 8.26. The van der Waals surface area contributed by atoms with Gasteiger partial charge < -0.3 is 39.4 Å². The highest BCUT2D eigenvalue weighted by Gasteiger charge is 2.52. The third kappa shape index (κ3) is 8.67. The average Bonchev–Trinajstić information content (AvgIpc) is 3.66. The van der Waals surface area contributed by atoms with E-state index in [0.29, 0.717) is 0 Å². The molecule has 3 aromatic rings. The molecule has 1 aliphatic carbocycles. The van der Waals surface area contributed by atoms with Gasteiger partial charge in [0.25, 0.3) is 0 Å². The maximum Gasteiger partial charge on any atom is 0.407 e. The Morgan fingerprint density at radius 1 is 0.843 bits per heavy atom. The lowest BCUT2D eigenvalue weighted by Gasteiger charge is -2.45. The molecule has 0 spiro atoms. The van der Waals surface area contributed by atoms with Gasteiger partial charge in [0.1, 0.15) is 31.4 Å². The summed E-state index contributed by atoms with van der Waals surface area (Å²) >= 11 is 0. The standard InChI is InChI=1S/C34H37N5O12/c1-17(40)35-29-31(50-20(4)43)30(49-19(3)42)28(16-47-18(2)41)51-32(29)39-14-21(37-38-39)13-27(33(44)45)36-34(46)48-15-26-24-11-7-5-9-22(24)23-10-6-8-12-25(23)26/h5-12,14,26-32H,13,15-16H2,1-4H3,(H,35,40)(H,36,46)(H,44,45)/t27?,28?,29?,30-,31?,32-/m1/s1. The number of nitrogens with one attached hydrogen (secondary N) is 2. The van der Waals surface area contributed by atoms with Crippen LogP contribution in [0.15, 0.2) is 54.7 Å². The first kappa shape index (κ1) is 36.4. The van der Waals surface area contributed by atoms with E-state index in [9.17, 15) is 33.9 Å². The normalized spacial score (nSPS) is 21.3. The molecule has 0 saturated carbocycles. The highest BCUT2D eigenvalue weighted by Crippen LogP contribution is 2.44. The van der Waals surface area contributed by atoms with Gasteiger partial charge in [0.2, 0.25) is 5.91 Å². The fourth-order valence-electron chi connectivity index (χ4n) is 6.26. The van der Waals surface area contributed by atoms with Crippen molar-refractivity contribution in [3.8, 4) is 11.1 Å². The number of carboxylic acid groups (broad SMARTS) is 1. The zero-order valence-corrected chi connectivity index (χ0v) is 28.1. The van der Waals surface area contributed by atoms with Gasteiger partial charge in [-0.25, -0.2) is 14.3 Å². The molecule has 0 bridgehead atoms. The fourth-order valence-corrected chi connectivity index (χ4v) is 6.26. The Kier molecular flexibility index (Phi) is 11.3. The van der Waals surface area contributed by atoms with E-state index in [0.717, 1.165) is 47.7 Å². The number of aromatic nitrogens is 3. The molecule has 51 heavy (non-hydrogen) atoms. The number of amides is 2. The maximum atomic E-state index is 12.9. The third-order valence-electron chi connectivity index (χ3n) is 8.26. The minimum absolute atomic E-state index is 0.0295. The van der Waals surface area contributed by atoms with Crippen molar-refractivity contribution in [2.45, 2.75) is 76.7 Å². The van der Waals surface area contributed by atoms with Gasteiger partial charge in [-0.05, 0) is 22.3 Å². The molecule has 17 nitrogen and oxygen atoms in total. The second-order valence-electron chi connectivity index (χ2n) is 12.0. The second-order valence-corrected chi connectivity index (χ2v) is 12.0. The molecular weight excluding hydrogens is 670 g/mol. The number of ether oxygens (including phenoxy) is 5. The van der Waals surface area contributed by atoms with Crippen LogP contribution in [0.5, 0.6) is 0 Å². The van der Waals surface area contributed by atoms with E-state index in [2.05, 4.69) is 20.9 Å². The number of nitrogens with zero attached hydrogens (tertiary/aromatic N) is 3. The van der Waals surface area contributed by atoms with Crippen LogP contribution < -0.4 is 10.6 Å². The number of rotatable bonds is 12. The Labute approximate surface area is 291 Å². The predicted octanol–water partition coefficient (Wildman–Crippen LogP) is 1.64. The Morgan fingerprint density at radius 2 is 1.45 bits per heavy atom. The smallest absolute Gasteiger partial charge is 0.407 e. The molecular formula is C34H37N5O12. The van der Waals surface area contributed by atoms with Gasteiger partial charge in [-0.15, -0.1) is 5.10 Å². The number of benzene rings is 2. The Hall–Kier alpha value is -5.84. The fraction of sp³-hybridized carbons (Fsp3) is 0.412. The maximum absolute atomic E-state index is 12.9. The molecule has 5 rings (SSSR count). The van der Waals surface area contributed by atoms with E-state index in [1.165, 1.54) is 13.1 Å². The molecule has 270 valence electrons. The van der Waals surface area contributed by atoms with Crippen LogP contribution in [0.1, 0.15) is 56.7 Å². The summed E-state index contributed by atoms with van der Waals surface area (Å²) in [6.07, 6.45) is -5.13. The molecule has 0 radical (unpaired) electrons. The van der Waals surface area contributed by atoms with E-state index in [1.54, 1.807) is 0 Å². The monoisotopic (exact) mass is 707 g/mol. The van der Waals surface area contributed by atoms with Crippen molar-refractivity contribution in [3.63, 3.8) is 0 Å². The summed E-state index contributed by atoms with van der Waals surface area (Å²) in [5.74, 6) is -4.38. The largest absolute Gasteiger partial charge is 0.480 e. The van der Waals surface area contributed by atoms with Crippen molar-refractivity contribution < 1.29 is 57.6 Å². The van der Waals surface area contributed by atoms with Crippen LogP contribution in [0.4, 0.5) is 4.79 Å². The number of aliphatic carboxylic acids is 1. The summed E-state index contributed by atoms with van der Waals surface area (Å²) in [5.41, 5.74) is 4.15. The quantitative estimate of drug-likeness (QED) is 0.180. The van der Waals surface area contributed by atoms with Crippen LogP contribution in [0.25, 0.3) is 11.1 Å². The summed E-state index contributed by atoms with van der Waals surface area (Å²) < 4.78 is 28.8. The van der Waals surface area contributed by atoms with E-state index < -0.39 is 79.1 Å². The van der Waals surface area contributed by atoms with Crippen LogP contribution in [0, 0.1) is 0 Å². The molecule has 3 N–H and O–H groups in total. The number of carbonyl (C=O) groups is 6. The first-order chi connectivity index (χ1) is 24.3. The van der Waals surface area contributed by atoms with Crippen LogP contribution in [-0.2, 0) is 54.1 Å². The van der Waals surface area contributed by atoms with Gasteiger partial charge >= 0.3 is 30.0 Å². The van der Waals surface area contributed by atoms with Crippen molar-refractivity contribution in [3.05, 3.63) is 71.5 Å². The zero-order valence-electron chi connectivity index (χ0n) is 28.1. The summed E-state index contributed by atoms with van der Waals surface area (Å²) in [7, 11) is 0. The van der Waals surface area contributed by atoms with Crippen LogP contribution in [-0.4, -0.2) is 99.6 Å². The average molecular weight is 708 g/mol. The van der Waals surface area contributed by atoms with Gasteiger partial charge in [0, 0.05) is 40.0 Å². The SMILES string of the molecule is CC(=O)NC1C(OC(C)=O)[C@H](OC(C)=O)C(COC(C)=O)O[C@H]1n1cc(CC(NC(=O)OCC2c3ccccc3-c3ccccc32)C(=O)O)nn1. The lowest BCUT2D eigenvalue weighted by Crippen LogP contribution is -2.64. The zero-order chi connectivity index (χ0) is 36.8. The number of fused-ring (bicyclic) bond motifs is 3. The molecule has 6 atom stereocenters. The van der Waals surface area contributed by atoms with Crippen LogP contribution in [0.2, 0.25) is 0 Å². The van der Waals surface area contributed by atoms with E-state index in [4.69, 9.17) is 23.7 Å². The highest BCUT2D eigenvalue weighted by atomic mass is 16.6. The number of hydrogen-bond donors (Lipinski definition) is 3. The molecule has 2 aromatic carbocycles. The van der Waals surface area contributed by atoms with Crippen LogP contribution >= 0.6 is 0 Å². The lowest BCUT2D eigenvalue weighted by molar-refractivity contribution is -0.239. The van der Waals surface area contributed by atoms with Crippen molar-refractivity contribution in [2.24, 2.45) is 0 Å². The van der Waals surface area contributed by atoms with Gasteiger partial charge in [-0.1, -0.05) is 53.7 Å².